The number of carbonyl (C=O) groups is 2. The lowest BCUT2D eigenvalue weighted by atomic mass is 9.79. The van der Waals surface area contributed by atoms with Gasteiger partial charge in [-0.15, -0.1) is 0 Å². The summed E-state index contributed by atoms with van der Waals surface area (Å²) in [6.07, 6.45) is 0. The van der Waals surface area contributed by atoms with E-state index in [2.05, 4.69) is 15.9 Å². The van der Waals surface area contributed by atoms with Crippen LogP contribution in [-0.4, -0.2) is 56.4 Å². The monoisotopic (exact) mass is 482 g/mol. The number of fused-ring (bicyclic) bond motifs is 1. The van der Waals surface area contributed by atoms with Crippen molar-refractivity contribution in [1.29, 1.82) is 0 Å². The molecular formula is C20H19BrO9. The van der Waals surface area contributed by atoms with E-state index in [0.717, 1.165) is 0 Å². The SMILES string of the molecule is COc1cc2c(cc1OC)C(c1cc(OC)c(Br)c(OC)c1)C(O)(C(=O)O)OC2=O. The Hall–Kier alpha value is -2.98. The van der Waals surface area contributed by atoms with E-state index in [1.165, 1.54) is 52.7 Å². The van der Waals surface area contributed by atoms with Crippen LogP contribution >= 0.6 is 15.9 Å². The van der Waals surface area contributed by atoms with Crippen molar-refractivity contribution in [2.75, 3.05) is 28.4 Å². The normalized spacial score (nSPS) is 20.1. The first-order valence-corrected chi connectivity index (χ1v) is 9.37. The number of carbonyl (C=O) groups excluding carboxylic acids is 1. The standard InChI is InChI=1S/C20H19BrO9/c1-26-12-7-10-11(8-13(12)27-2)18(22)30-20(25,19(23)24)16(10)9-5-14(28-3)17(21)15(6-9)29-4/h5-8,16,25H,1-4H3,(H,23,24). The zero-order valence-electron chi connectivity index (χ0n) is 16.5. The van der Waals surface area contributed by atoms with Crippen LogP contribution in [0.2, 0.25) is 0 Å². The predicted octanol–water partition coefficient (Wildman–Crippen LogP) is 2.56. The van der Waals surface area contributed by atoms with E-state index in [9.17, 15) is 19.8 Å². The Labute approximate surface area is 180 Å². The Balaban J connectivity index is 2.37. The summed E-state index contributed by atoms with van der Waals surface area (Å²) in [6, 6.07) is 5.85. The fraction of sp³-hybridized carbons (Fsp3) is 0.300. The average Bonchev–Trinajstić information content (AvgIpc) is 2.73. The topological polar surface area (TPSA) is 121 Å². The predicted molar refractivity (Wildman–Crippen MR) is 107 cm³/mol. The van der Waals surface area contributed by atoms with Crippen LogP contribution in [-0.2, 0) is 9.53 Å². The number of aliphatic hydroxyl groups is 1. The van der Waals surface area contributed by atoms with Crippen LogP contribution in [0.15, 0.2) is 28.7 Å². The number of methoxy groups -OCH3 is 4. The number of hydrogen-bond acceptors (Lipinski definition) is 8. The summed E-state index contributed by atoms with van der Waals surface area (Å²) in [5.74, 6) is -5.79. The second-order valence-electron chi connectivity index (χ2n) is 6.36. The Morgan fingerprint density at radius 2 is 1.47 bits per heavy atom. The van der Waals surface area contributed by atoms with Crippen molar-refractivity contribution in [3.8, 4) is 23.0 Å². The van der Waals surface area contributed by atoms with Gasteiger partial charge in [-0.3, -0.25) is 0 Å². The van der Waals surface area contributed by atoms with E-state index in [1.54, 1.807) is 0 Å². The van der Waals surface area contributed by atoms with Gasteiger partial charge in [0.15, 0.2) is 11.5 Å². The van der Waals surface area contributed by atoms with Gasteiger partial charge in [0.05, 0.1) is 39.9 Å². The molecule has 0 saturated carbocycles. The fourth-order valence-corrected chi connectivity index (χ4v) is 3.96. The van der Waals surface area contributed by atoms with Crippen molar-refractivity contribution in [3.63, 3.8) is 0 Å². The largest absolute Gasteiger partial charge is 0.495 e. The zero-order valence-corrected chi connectivity index (χ0v) is 18.1. The van der Waals surface area contributed by atoms with E-state index in [0.29, 0.717) is 16.0 Å². The molecule has 2 unspecified atom stereocenters. The molecule has 2 atom stereocenters. The number of halogens is 1. The molecule has 0 amide bonds. The molecule has 30 heavy (non-hydrogen) atoms. The van der Waals surface area contributed by atoms with E-state index < -0.39 is 23.6 Å². The second-order valence-corrected chi connectivity index (χ2v) is 7.15. The smallest absolute Gasteiger partial charge is 0.378 e. The van der Waals surface area contributed by atoms with Crippen LogP contribution in [0.3, 0.4) is 0 Å². The van der Waals surface area contributed by atoms with Gasteiger partial charge in [-0.05, 0) is 51.3 Å². The second kappa shape index (κ2) is 8.04. The molecule has 0 bridgehead atoms. The number of rotatable bonds is 6. The number of carboxylic acid groups (broad SMARTS) is 1. The van der Waals surface area contributed by atoms with Gasteiger partial charge >= 0.3 is 17.7 Å². The highest BCUT2D eigenvalue weighted by molar-refractivity contribution is 9.10. The Bertz CT molecular complexity index is 995. The third-order valence-corrected chi connectivity index (χ3v) is 5.62. The van der Waals surface area contributed by atoms with Crippen LogP contribution in [0.4, 0.5) is 0 Å². The maximum atomic E-state index is 12.6. The third-order valence-electron chi connectivity index (χ3n) is 4.83. The molecule has 9 nitrogen and oxygen atoms in total. The molecule has 0 fully saturated rings. The summed E-state index contributed by atoms with van der Waals surface area (Å²) in [4.78, 5) is 24.6. The van der Waals surface area contributed by atoms with E-state index >= 15 is 0 Å². The summed E-state index contributed by atoms with van der Waals surface area (Å²) in [7, 11) is 5.65. The summed E-state index contributed by atoms with van der Waals surface area (Å²) in [5.41, 5.74) is 0.488. The molecule has 0 spiro atoms. The minimum Gasteiger partial charge on any atom is -0.495 e. The molecule has 2 N–H and O–H groups in total. The molecule has 1 aliphatic rings. The number of cyclic esters (lactones) is 1. The van der Waals surface area contributed by atoms with Crippen LogP contribution < -0.4 is 18.9 Å². The van der Waals surface area contributed by atoms with Gasteiger partial charge in [0.25, 0.3) is 0 Å². The van der Waals surface area contributed by atoms with Crippen LogP contribution in [0.5, 0.6) is 23.0 Å². The number of carboxylic acids is 1. The molecule has 0 aromatic heterocycles. The maximum Gasteiger partial charge on any atom is 0.378 e. The maximum absolute atomic E-state index is 12.6. The highest BCUT2D eigenvalue weighted by Crippen LogP contribution is 2.48. The van der Waals surface area contributed by atoms with Gasteiger partial charge in [-0.25, -0.2) is 9.59 Å². The van der Waals surface area contributed by atoms with Gasteiger partial charge in [0, 0.05) is 0 Å². The van der Waals surface area contributed by atoms with Gasteiger partial charge in [0.2, 0.25) is 0 Å². The van der Waals surface area contributed by atoms with Crippen molar-refractivity contribution >= 4 is 27.9 Å². The number of hydrogen-bond donors (Lipinski definition) is 2. The molecule has 2 aromatic carbocycles. The molecule has 0 saturated heterocycles. The van der Waals surface area contributed by atoms with Crippen molar-refractivity contribution in [2.24, 2.45) is 0 Å². The molecule has 3 rings (SSSR count). The minimum absolute atomic E-state index is 0.0319. The summed E-state index contributed by atoms with van der Waals surface area (Å²) in [5, 5.41) is 20.7. The molecule has 0 aliphatic carbocycles. The lowest BCUT2D eigenvalue weighted by molar-refractivity contribution is -0.211. The van der Waals surface area contributed by atoms with Gasteiger partial charge in [0.1, 0.15) is 16.0 Å². The summed E-state index contributed by atoms with van der Waals surface area (Å²) >= 11 is 3.35. The van der Waals surface area contributed by atoms with Crippen LogP contribution in [0.1, 0.15) is 27.4 Å². The minimum atomic E-state index is -2.88. The molecule has 10 heteroatoms. The Morgan fingerprint density at radius 3 is 1.93 bits per heavy atom. The fourth-order valence-electron chi connectivity index (χ4n) is 3.41. The molecule has 0 radical (unpaired) electrons. The molecule has 2 aromatic rings. The molecule has 160 valence electrons. The number of esters is 1. The lowest BCUT2D eigenvalue weighted by Crippen LogP contribution is -2.52. The summed E-state index contributed by atoms with van der Waals surface area (Å²) in [6.45, 7) is 0. The molecule has 1 aliphatic heterocycles. The first-order chi connectivity index (χ1) is 14.2. The lowest BCUT2D eigenvalue weighted by Gasteiger charge is -2.37. The highest BCUT2D eigenvalue weighted by atomic mass is 79.9. The Morgan fingerprint density at radius 1 is 0.967 bits per heavy atom. The van der Waals surface area contributed by atoms with Crippen molar-refractivity contribution in [2.45, 2.75) is 11.7 Å². The van der Waals surface area contributed by atoms with Crippen LogP contribution in [0, 0.1) is 0 Å². The highest BCUT2D eigenvalue weighted by Gasteiger charge is 2.55. The Kier molecular flexibility index (Phi) is 5.82. The first kappa shape index (κ1) is 21.7. The van der Waals surface area contributed by atoms with Gasteiger partial charge in [-0.2, -0.15) is 0 Å². The van der Waals surface area contributed by atoms with Crippen molar-refractivity contribution in [1.82, 2.24) is 0 Å². The van der Waals surface area contributed by atoms with E-state index in [4.69, 9.17) is 23.7 Å². The third kappa shape index (κ3) is 3.31. The zero-order chi connectivity index (χ0) is 22.2. The summed E-state index contributed by atoms with van der Waals surface area (Å²) < 4.78 is 26.7. The van der Waals surface area contributed by atoms with Gasteiger partial charge in [-0.1, -0.05) is 0 Å². The number of benzene rings is 2. The first-order valence-electron chi connectivity index (χ1n) is 8.58. The van der Waals surface area contributed by atoms with Crippen LogP contribution in [0.25, 0.3) is 0 Å². The van der Waals surface area contributed by atoms with Crippen molar-refractivity contribution in [3.05, 3.63) is 45.4 Å². The molecule has 1 heterocycles. The van der Waals surface area contributed by atoms with Crippen molar-refractivity contribution < 1.29 is 43.5 Å². The molecular weight excluding hydrogens is 464 g/mol. The van der Waals surface area contributed by atoms with Gasteiger partial charge < -0.3 is 33.9 Å². The van der Waals surface area contributed by atoms with E-state index in [-0.39, 0.29) is 28.2 Å². The number of ether oxygens (including phenoxy) is 5. The van der Waals surface area contributed by atoms with E-state index in [1.807, 2.05) is 0 Å². The quantitative estimate of drug-likeness (QED) is 0.598. The average molecular weight is 483 g/mol. The number of aliphatic carboxylic acids is 1.